The monoisotopic (exact) mass is 484 g/mol. The molecule has 2 aromatic rings. The van der Waals surface area contributed by atoms with Gasteiger partial charge in [0.25, 0.3) is 5.91 Å². The fourth-order valence-corrected chi connectivity index (χ4v) is 4.59. The van der Waals surface area contributed by atoms with Crippen molar-refractivity contribution in [3.63, 3.8) is 0 Å². The number of nitrogens with zero attached hydrogens (tertiary/aromatic N) is 1. The summed E-state index contributed by atoms with van der Waals surface area (Å²) in [4.78, 5) is 55.1. The van der Waals surface area contributed by atoms with Gasteiger partial charge < -0.3 is 16.0 Å². The minimum Gasteiger partial charge on any atom is -0.344 e. The number of aromatic nitrogens is 1. The van der Waals surface area contributed by atoms with Crippen LogP contribution in [0.3, 0.4) is 0 Å². The Hall–Kier alpha value is -3.07. The molecule has 0 radical (unpaired) electrons. The van der Waals surface area contributed by atoms with Crippen LogP contribution in [0.4, 0.5) is 0 Å². The largest absolute Gasteiger partial charge is 0.344 e. The maximum Gasteiger partial charge on any atom is 0.289 e. The number of thiazole rings is 1. The molecule has 1 fully saturated rings. The van der Waals surface area contributed by atoms with Crippen molar-refractivity contribution in [1.82, 2.24) is 20.9 Å². The number of ketones is 1. The van der Waals surface area contributed by atoms with Crippen LogP contribution in [0, 0.1) is 5.92 Å². The lowest BCUT2D eigenvalue weighted by Gasteiger charge is -2.22. The van der Waals surface area contributed by atoms with E-state index in [9.17, 15) is 19.2 Å². The minimum atomic E-state index is -1.05. The standard InChI is InChI=1S/C25H32N4O4S/c1-17(28-24(32)19-11-7-2-3-8-12-19)23(31)29-20(15-18-9-5-4-6-10-18)22(30)25(33)27-16-21-26-13-14-34-21/h4-6,9-10,13-14,17,19-20H,2-3,7-8,11-12,15-16H2,1H3,(H,27,33)(H,28,32)(H,29,31)/t17-,20-/m1/s1. The van der Waals surface area contributed by atoms with Gasteiger partial charge in [-0.3, -0.25) is 19.2 Å². The Bertz CT molecular complexity index is 957. The van der Waals surface area contributed by atoms with Crippen molar-refractivity contribution in [1.29, 1.82) is 0 Å². The zero-order chi connectivity index (χ0) is 24.3. The number of carbonyl (C=O) groups excluding carboxylic acids is 4. The van der Waals surface area contributed by atoms with E-state index in [1.54, 1.807) is 18.5 Å². The quantitative estimate of drug-likeness (QED) is 0.354. The van der Waals surface area contributed by atoms with E-state index in [1.165, 1.54) is 11.3 Å². The van der Waals surface area contributed by atoms with Crippen molar-refractivity contribution in [2.45, 2.75) is 70.5 Å². The summed E-state index contributed by atoms with van der Waals surface area (Å²) in [6.45, 7) is 1.73. The third-order valence-corrected chi connectivity index (χ3v) is 6.78. The molecule has 1 aliphatic carbocycles. The highest BCUT2D eigenvalue weighted by atomic mass is 32.1. The van der Waals surface area contributed by atoms with E-state index in [0.29, 0.717) is 5.01 Å². The molecule has 1 heterocycles. The van der Waals surface area contributed by atoms with Crippen LogP contribution in [-0.4, -0.2) is 40.6 Å². The van der Waals surface area contributed by atoms with Gasteiger partial charge in [-0.2, -0.15) is 0 Å². The second-order valence-corrected chi connectivity index (χ2v) is 9.62. The summed E-state index contributed by atoms with van der Waals surface area (Å²) in [5.41, 5.74) is 0.809. The molecule has 8 nitrogen and oxygen atoms in total. The lowest BCUT2D eigenvalue weighted by molar-refractivity contribution is -0.140. The molecular formula is C25H32N4O4S. The summed E-state index contributed by atoms with van der Waals surface area (Å²) in [6.07, 6.45) is 7.74. The number of amides is 3. The summed E-state index contributed by atoms with van der Waals surface area (Å²) in [6, 6.07) is 7.30. The first-order chi connectivity index (χ1) is 16.4. The van der Waals surface area contributed by atoms with Gasteiger partial charge in [0.15, 0.2) is 0 Å². The second-order valence-electron chi connectivity index (χ2n) is 8.64. The van der Waals surface area contributed by atoms with Gasteiger partial charge >= 0.3 is 0 Å². The highest BCUT2D eigenvalue weighted by Gasteiger charge is 2.30. The van der Waals surface area contributed by atoms with Crippen LogP contribution >= 0.6 is 11.3 Å². The van der Waals surface area contributed by atoms with Gasteiger partial charge in [0, 0.05) is 23.9 Å². The van der Waals surface area contributed by atoms with Crippen molar-refractivity contribution >= 4 is 34.8 Å². The number of hydrogen-bond donors (Lipinski definition) is 3. The van der Waals surface area contributed by atoms with Gasteiger partial charge in [-0.1, -0.05) is 56.0 Å². The molecular weight excluding hydrogens is 452 g/mol. The Labute approximate surface area is 203 Å². The van der Waals surface area contributed by atoms with E-state index < -0.39 is 29.7 Å². The normalized spacial score (nSPS) is 16.0. The zero-order valence-corrected chi connectivity index (χ0v) is 20.2. The average molecular weight is 485 g/mol. The Morgan fingerprint density at radius 2 is 1.74 bits per heavy atom. The van der Waals surface area contributed by atoms with E-state index in [4.69, 9.17) is 0 Å². The third-order valence-electron chi connectivity index (χ3n) is 6.00. The average Bonchev–Trinajstić information content (AvgIpc) is 3.21. The molecule has 3 amide bonds. The van der Waals surface area contributed by atoms with Gasteiger partial charge in [0.1, 0.15) is 17.1 Å². The van der Waals surface area contributed by atoms with Gasteiger partial charge in [0.05, 0.1) is 6.54 Å². The molecule has 34 heavy (non-hydrogen) atoms. The van der Waals surface area contributed by atoms with Crippen molar-refractivity contribution in [2.75, 3.05) is 0 Å². The maximum atomic E-state index is 12.9. The summed E-state index contributed by atoms with van der Waals surface area (Å²) in [5, 5.41) is 10.5. The number of Topliss-reactive ketones (excluding diaryl/α,β-unsaturated/α-hetero) is 1. The van der Waals surface area contributed by atoms with Gasteiger partial charge in [-0.05, 0) is 25.3 Å². The molecule has 182 valence electrons. The highest BCUT2D eigenvalue weighted by Crippen LogP contribution is 2.23. The molecule has 3 rings (SSSR count). The van der Waals surface area contributed by atoms with Crippen LogP contribution in [0.25, 0.3) is 0 Å². The molecule has 2 atom stereocenters. The number of rotatable bonds is 10. The molecule has 1 saturated carbocycles. The van der Waals surface area contributed by atoms with Gasteiger partial charge in [0.2, 0.25) is 17.6 Å². The van der Waals surface area contributed by atoms with Crippen LogP contribution in [0.5, 0.6) is 0 Å². The molecule has 1 aromatic carbocycles. The summed E-state index contributed by atoms with van der Waals surface area (Å²) < 4.78 is 0. The van der Waals surface area contributed by atoms with Crippen LogP contribution in [0.15, 0.2) is 41.9 Å². The molecule has 0 bridgehead atoms. The van der Waals surface area contributed by atoms with E-state index in [1.807, 2.05) is 30.3 Å². The van der Waals surface area contributed by atoms with E-state index in [-0.39, 0.29) is 24.8 Å². The van der Waals surface area contributed by atoms with Gasteiger partial charge in [-0.15, -0.1) is 11.3 Å². The van der Waals surface area contributed by atoms with Crippen molar-refractivity contribution in [3.05, 3.63) is 52.5 Å². The highest BCUT2D eigenvalue weighted by molar-refractivity contribution is 7.09. The first-order valence-electron chi connectivity index (χ1n) is 11.8. The lowest BCUT2D eigenvalue weighted by Crippen LogP contribution is -2.54. The van der Waals surface area contributed by atoms with Crippen molar-refractivity contribution in [3.8, 4) is 0 Å². The lowest BCUT2D eigenvalue weighted by atomic mass is 9.99. The number of hydrogen-bond acceptors (Lipinski definition) is 6. The summed E-state index contributed by atoms with van der Waals surface area (Å²) >= 11 is 1.37. The molecule has 0 saturated heterocycles. The van der Waals surface area contributed by atoms with Gasteiger partial charge in [-0.25, -0.2) is 4.98 Å². The fraction of sp³-hybridized carbons (Fsp3) is 0.480. The first kappa shape index (κ1) is 25.6. The minimum absolute atomic E-state index is 0.0869. The predicted octanol–water partition coefficient (Wildman–Crippen LogP) is 2.53. The number of benzene rings is 1. The molecule has 0 spiro atoms. The molecule has 3 N–H and O–H groups in total. The third kappa shape index (κ3) is 7.76. The molecule has 0 aliphatic heterocycles. The Balaban J connectivity index is 1.62. The smallest absolute Gasteiger partial charge is 0.289 e. The van der Waals surface area contributed by atoms with Crippen molar-refractivity contribution in [2.24, 2.45) is 5.92 Å². The number of nitrogens with one attached hydrogen (secondary N) is 3. The maximum absolute atomic E-state index is 12.9. The summed E-state index contributed by atoms with van der Waals surface area (Å²) in [5.74, 6) is -2.24. The molecule has 1 aromatic heterocycles. The van der Waals surface area contributed by atoms with E-state index in [2.05, 4.69) is 20.9 Å². The SMILES string of the molecule is C[C@@H](NC(=O)C1CCCCCC1)C(=O)N[C@H](Cc1ccccc1)C(=O)C(=O)NCc1nccs1. The first-order valence-corrected chi connectivity index (χ1v) is 12.7. The van der Waals surface area contributed by atoms with E-state index in [0.717, 1.165) is 44.1 Å². The van der Waals surface area contributed by atoms with E-state index >= 15 is 0 Å². The number of carbonyl (C=O) groups is 4. The molecule has 0 unspecified atom stereocenters. The predicted molar refractivity (Wildman–Crippen MR) is 130 cm³/mol. The fourth-order valence-electron chi connectivity index (χ4n) is 4.04. The van der Waals surface area contributed by atoms with Crippen LogP contribution in [0.2, 0.25) is 0 Å². The molecule has 9 heteroatoms. The summed E-state index contributed by atoms with van der Waals surface area (Å²) in [7, 11) is 0. The topological polar surface area (TPSA) is 117 Å². The second kappa shape index (κ2) is 13.0. The Kier molecular flexibility index (Phi) is 9.75. The zero-order valence-electron chi connectivity index (χ0n) is 19.4. The Morgan fingerprint density at radius 1 is 1.03 bits per heavy atom. The molecule has 1 aliphatic rings. The van der Waals surface area contributed by atoms with Crippen LogP contribution in [-0.2, 0) is 32.1 Å². The van der Waals surface area contributed by atoms with Crippen LogP contribution < -0.4 is 16.0 Å². The Morgan fingerprint density at radius 3 is 2.38 bits per heavy atom. The van der Waals surface area contributed by atoms with Crippen molar-refractivity contribution < 1.29 is 19.2 Å². The van der Waals surface area contributed by atoms with Crippen LogP contribution in [0.1, 0.15) is 56.0 Å².